The van der Waals surface area contributed by atoms with Crippen LogP contribution >= 0.6 is 0 Å². The van der Waals surface area contributed by atoms with Crippen molar-refractivity contribution in [3.05, 3.63) is 81.9 Å². The van der Waals surface area contributed by atoms with E-state index < -0.39 is 5.91 Å². The first-order valence-corrected chi connectivity index (χ1v) is 10.0. The fourth-order valence-electron chi connectivity index (χ4n) is 3.50. The van der Waals surface area contributed by atoms with Gasteiger partial charge in [0, 0.05) is 41.9 Å². The number of carbonyl (C=O) groups excluding carboxylic acids is 1. The van der Waals surface area contributed by atoms with Gasteiger partial charge in [0.1, 0.15) is 5.56 Å². The van der Waals surface area contributed by atoms with Gasteiger partial charge in [-0.15, -0.1) is 0 Å². The summed E-state index contributed by atoms with van der Waals surface area (Å²) in [5, 5.41) is 2.92. The molecule has 0 saturated carbocycles. The second-order valence-electron chi connectivity index (χ2n) is 7.24. The van der Waals surface area contributed by atoms with Gasteiger partial charge in [0.2, 0.25) is 0 Å². The summed E-state index contributed by atoms with van der Waals surface area (Å²) < 4.78 is 2.07. The molecule has 3 rings (SSSR count). The van der Waals surface area contributed by atoms with Crippen LogP contribution < -0.4 is 10.7 Å². The lowest BCUT2D eigenvalue weighted by atomic mass is 10.0. The first-order chi connectivity index (χ1) is 14.0. The number of hydrogen-bond donors (Lipinski definition) is 1. The van der Waals surface area contributed by atoms with E-state index in [0.29, 0.717) is 11.4 Å². The third-order valence-corrected chi connectivity index (χ3v) is 5.06. The molecule has 0 saturated heterocycles. The summed E-state index contributed by atoms with van der Waals surface area (Å²) in [6, 6.07) is 12.8. The van der Waals surface area contributed by atoms with E-state index >= 15 is 0 Å². The maximum atomic E-state index is 13.2. The molecule has 0 atom stereocenters. The number of aryl methyl sites for hydroxylation is 2. The fourth-order valence-corrected chi connectivity index (χ4v) is 3.50. The summed E-state index contributed by atoms with van der Waals surface area (Å²) in [6.45, 7) is 6.74. The Morgan fingerprint density at radius 3 is 2.59 bits per heavy atom. The number of carbonyl (C=O) groups is 1. The van der Waals surface area contributed by atoms with E-state index in [1.54, 1.807) is 18.5 Å². The second kappa shape index (κ2) is 9.32. The van der Waals surface area contributed by atoms with Crippen LogP contribution in [0.5, 0.6) is 0 Å². The minimum atomic E-state index is -0.396. The molecule has 0 fully saturated rings. The van der Waals surface area contributed by atoms with Crippen molar-refractivity contribution in [3.63, 3.8) is 0 Å². The van der Waals surface area contributed by atoms with E-state index in [1.807, 2.05) is 50.2 Å². The smallest absolute Gasteiger partial charge is 0.261 e. The molecule has 0 aliphatic rings. The predicted octanol–water partition coefficient (Wildman–Crippen LogP) is 4.97. The Morgan fingerprint density at radius 2 is 1.90 bits per heavy atom. The van der Waals surface area contributed by atoms with Gasteiger partial charge in [-0.2, -0.15) is 0 Å². The number of aromatic nitrogens is 2. The summed E-state index contributed by atoms with van der Waals surface area (Å²) in [5.41, 5.74) is 3.76. The molecule has 3 aromatic rings. The van der Waals surface area contributed by atoms with Crippen molar-refractivity contribution in [3.8, 4) is 11.3 Å². The molecule has 0 spiro atoms. The van der Waals surface area contributed by atoms with Crippen molar-refractivity contribution in [1.29, 1.82) is 0 Å². The lowest BCUT2D eigenvalue weighted by molar-refractivity contribution is 0.102. The summed E-state index contributed by atoms with van der Waals surface area (Å²) in [5.74, 6) is -0.396. The van der Waals surface area contributed by atoms with E-state index in [1.165, 1.54) is 0 Å². The molecule has 0 unspecified atom stereocenters. The Hall–Kier alpha value is -3.21. The van der Waals surface area contributed by atoms with Crippen LogP contribution in [-0.4, -0.2) is 15.5 Å². The van der Waals surface area contributed by atoms with Crippen LogP contribution in [0.25, 0.3) is 11.3 Å². The van der Waals surface area contributed by atoms with Crippen molar-refractivity contribution in [2.45, 2.75) is 46.6 Å². The molecular formula is C24H27N3O2. The zero-order valence-corrected chi connectivity index (χ0v) is 17.2. The number of nitrogens with one attached hydrogen (secondary N) is 1. The highest BCUT2D eigenvalue weighted by Gasteiger charge is 2.22. The number of benzene rings is 1. The predicted molar refractivity (Wildman–Crippen MR) is 117 cm³/mol. The fraction of sp³-hybridized carbons (Fsp3) is 0.292. The van der Waals surface area contributed by atoms with Crippen molar-refractivity contribution in [2.24, 2.45) is 0 Å². The standard InChI is InChI=1S/C24H27N3O2/c1-4-5-8-14-27-18(3)15-21(28)22(23(27)19-11-9-13-25-16-19)24(29)26-20-12-7-6-10-17(20)2/h6-7,9-13,15-16H,4-5,8,14H2,1-3H3,(H,26,29). The van der Waals surface area contributed by atoms with Gasteiger partial charge >= 0.3 is 0 Å². The summed E-state index contributed by atoms with van der Waals surface area (Å²) in [6.07, 6.45) is 6.55. The molecule has 150 valence electrons. The number of para-hydroxylation sites is 1. The van der Waals surface area contributed by atoms with Crippen LogP contribution in [-0.2, 0) is 6.54 Å². The minimum absolute atomic E-state index is 0.156. The van der Waals surface area contributed by atoms with Crippen LogP contribution in [0.2, 0.25) is 0 Å². The molecule has 1 amide bonds. The van der Waals surface area contributed by atoms with Gasteiger partial charge in [-0.1, -0.05) is 38.0 Å². The van der Waals surface area contributed by atoms with Gasteiger partial charge in [-0.3, -0.25) is 14.6 Å². The molecule has 2 heterocycles. The molecular weight excluding hydrogens is 362 g/mol. The van der Waals surface area contributed by atoms with Gasteiger partial charge in [-0.25, -0.2) is 0 Å². The van der Waals surface area contributed by atoms with Crippen LogP contribution in [0.15, 0.2) is 59.7 Å². The van der Waals surface area contributed by atoms with Crippen LogP contribution in [0.1, 0.15) is 47.8 Å². The Balaban J connectivity index is 2.14. The molecule has 1 N–H and O–H groups in total. The van der Waals surface area contributed by atoms with Crippen molar-refractivity contribution in [2.75, 3.05) is 5.32 Å². The van der Waals surface area contributed by atoms with Crippen LogP contribution in [0.3, 0.4) is 0 Å². The largest absolute Gasteiger partial charge is 0.344 e. The first-order valence-electron chi connectivity index (χ1n) is 10.0. The second-order valence-corrected chi connectivity index (χ2v) is 7.24. The molecule has 0 aliphatic heterocycles. The van der Waals surface area contributed by atoms with Crippen molar-refractivity contribution in [1.82, 2.24) is 9.55 Å². The summed E-state index contributed by atoms with van der Waals surface area (Å²) >= 11 is 0. The van der Waals surface area contributed by atoms with Crippen LogP contribution in [0.4, 0.5) is 5.69 Å². The van der Waals surface area contributed by atoms with Gasteiger partial charge in [0.15, 0.2) is 5.43 Å². The number of unbranched alkanes of at least 4 members (excludes halogenated alkanes) is 2. The normalized spacial score (nSPS) is 10.7. The van der Waals surface area contributed by atoms with E-state index in [0.717, 1.165) is 42.6 Å². The number of nitrogens with zero attached hydrogens (tertiary/aromatic N) is 2. The quantitative estimate of drug-likeness (QED) is 0.580. The summed E-state index contributed by atoms with van der Waals surface area (Å²) in [4.78, 5) is 30.4. The van der Waals surface area contributed by atoms with E-state index in [4.69, 9.17) is 0 Å². The lowest BCUT2D eigenvalue weighted by Gasteiger charge is -2.20. The molecule has 1 aromatic carbocycles. The number of anilines is 1. The van der Waals surface area contributed by atoms with Crippen LogP contribution in [0, 0.1) is 13.8 Å². The average molecular weight is 389 g/mol. The lowest BCUT2D eigenvalue weighted by Crippen LogP contribution is -2.27. The Bertz CT molecular complexity index is 1060. The molecule has 0 bridgehead atoms. The van der Waals surface area contributed by atoms with E-state index in [2.05, 4.69) is 21.8 Å². The molecule has 2 aromatic heterocycles. The Labute approximate surface area is 171 Å². The highest BCUT2D eigenvalue weighted by Crippen LogP contribution is 2.25. The summed E-state index contributed by atoms with van der Waals surface area (Å²) in [7, 11) is 0. The minimum Gasteiger partial charge on any atom is -0.344 e. The zero-order valence-electron chi connectivity index (χ0n) is 17.2. The monoisotopic (exact) mass is 389 g/mol. The zero-order chi connectivity index (χ0) is 20.8. The molecule has 0 aliphatic carbocycles. The van der Waals surface area contributed by atoms with Gasteiger partial charge in [-0.05, 0) is 44.0 Å². The number of rotatable bonds is 7. The number of hydrogen-bond acceptors (Lipinski definition) is 3. The maximum Gasteiger partial charge on any atom is 0.261 e. The topological polar surface area (TPSA) is 64.0 Å². The number of pyridine rings is 2. The Kier molecular flexibility index (Phi) is 6.60. The molecule has 29 heavy (non-hydrogen) atoms. The average Bonchev–Trinajstić information content (AvgIpc) is 2.71. The van der Waals surface area contributed by atoms with E-state index in [-0.39, 0.29) is 11.0 Å². The first kappa shape index (κ1) is 20.5. The molecule has 5 nitrogen and oxygen atoms in total. The third-order valence-electron chi connectivity index (χ3n) is 5.06. The van der Waals surface area contributed by atoms with Gasteiger partial charge < -0.3 is 9.88 Å². The highest BCUT2D eigenvalue weighted by molar-refractivity contribution is 6.08. The maximum absolute atomic E-state index is 13.2. The number of amides is 1. The van der Waals surface area contributed by atoms with Crippen molar-refractivity contribution >= 4 is 11.6 Å². The van der Waals surface area contributed by atoms with Gasteiger partial charge in [0.05, 0.1) is 5.69 Å². The SMILES string of the molecule is CCCCCn1c(C)cc(=O)c(C(=O)Nc2ccccc2C)c1-c1cccnc1. The highest BCUT2D eigenvalue weighted by atomic mass is 16.2. The van der Waals surface area contributed by atoms with E-state index in [9.17, 15) is 9.59 Å². The molecule has 5 heteroatoms. The third kappa shape index (κ3) is 4.62. The Morgan fingerprint density at radius 1 is 1.10 bits per heavy atom. The van der Waals surface area contributed by atoms with Crippen molar-refractivity contribution < 1.29 is 4.79 Å². The van der Waals surface area contributed by atoms with Gasteiger partial charge in [0.25, 0.3) is 5.91 Å². The molecule has 0 radical (unpaired) electrons.